The summed E-state index contributed by atoms with van der Waals surface area (Å²) in [5.74, 6) is -0.0492. The molecule has 0 amide bonds. The quantitative estimate of drug-likeness (QED) is 0.769. The van der Waals surface area contributed by atoms with Gasteiger partial charge in [0.1, 0.15) is 0 Å². The molecule has 0 aliphatic rings. The average molecular weight is 247 g/mol. The molecule has 0 heterocycles. The van der Waals surface area contributed by atoms with Crippen molar-refractivity contribution < 1.29 is 8.42 Å². The van der Waals surface area contributed by atoms with Crippen LogP contribution in [0.25, 0.3) is 0 Å². The van der Waals surface area contributed by atoms with Gasteiger partial charge in [0, 0.05) is 16.1 Å². The van der Waals surface area contributed by atoms with Gasteiger partial charge >= 0.3 is 0 Å². The number of benzene rings is 1. The first-order chi connectivity index (χ1) is 6.72. The summed E-state index contributed by atoms with van der Waals surface area (Å²) in [6.07, 6.45) is 0. The van der Waals surface area contributed by atoms with Crippen LogP contribution < -0.4 is 0 Å². The molecule has 0 unspecified atom stereocenters. The highest BCUT2D eigenvalue weighted by atomic mass is 35.7. The summed E-state index contributed by atoms with van der Waals surface area (Å²) in [7, 11) is 1.82. The molecule has 84 valence electrons. The fourth-order valence-corrected chi connectivity index (χ4v) is 3.68. The molecule has 4 heteroatoms. The molecule has 0 fully saturated rings. The van der Waals surface area contributed by atoms with Crippen LogP contribution in [0.3, 0.4) is 0 Å². The average Bonchev–Trinajstić information content (AvgIpc) is 1.99. The Morgan fingerprint density at radius 3 is 2.27 bits per heavy atom. The second kappa shape index (κ2) is 4.14. The predicted molar refractivity (Wildman–Crippen MR) is 63.8 cm³/mol. The third kappa shape index (κ3) is 3.50. The maximum atomic E-state index is 11.1. The zero-order valence-electron chi connectivity index (χ0n) is 9.12. The minimum absolute atomic E-state index is 0.0492. The van der Waals surface area contributed by atoms with E-state index in [2.05, 4.69) is 0 Å². The Bertz CT molecular complexity index is 449. The fourth-order valence-electron chi connectivity index (χ4n) is 1.84. The lowest BCUT2D eigenvalue weighted by molar-refractivity contribution is 0.556. The van der Waals surface area contributed by atoms with E-state index < -0.39 is 14.5 Å². The van der Waals surface area contributed by atoms with Crippen molar-refractivity contribution in [3.63, 3.8) is 0 Å². The number of halogens is 1. The van der Waals surface area contributed by atoms with Crippen molar-refractivity contribution in [2.24, 2.45) is 0 Å². The molecule has 1 aromatic carbocycles. The molecule has 0 atom stereocenters. The van der Waals surface area contributed by atoms with Gasteiger partial charge in [0.15, 0.2) is 0 Å². The lowest BCUT2D eigenvalue weighted by Gasteiger charge is -2.25. The molecule has 0 bridgehead atoms. The van der Waals surface area contributed by atoms with E-state index in [9.17, 15) is 8.42 Å². The minimum atomic E-state index is -3.47. The van der Waals surface area contributed by atoms with Crippen LogP contribution in [0.1, 0.15) is 25.0 Å². The summed E-state index contributed by atoms with van der Waals surface area (Å²) in [5.41, 5.74) is 1.66. The summed E-state index contributed by atoms with van der Waals surface area (Å²) in [6, 6.07) is 7.75. The Morgan fingerprint density at radius 1 is 1.27 bits per heavy atom. The molecule has 0 spiro atoms. The normalized spacial score (nSPS) is 12.8. The van der Waals surface area contributed by atoms with E-state index in [1.54, 1.807) is 0 Å². The smallest absolute Gasteiger partial charge is 0.212 e. The minimum Gasteiger partial charge on any atom is -0.212 e. The van der Waals surface area contributed by atoms with Crippen molar-refractivity contribution >= 4 is 19.7 Å². The van der Waals surface area contributed by atoms with Crippen molar-refractivity contribution in [1.29, 1.82) is 0 Å². The number of hydrogen-bond acceptors (Lipinski definition) is 2. The van der Waals surface area contributed by atoms with E-state index in [0.717, 1.165) is 11.1 Å². The zero-order chi connectivity index (χ0) is 11.7. The Hall–Kier alpha value is -0.540. The highest BCUT2D eigenvalue weighted by molar-refractivity contribution is 8.13. The molecule has 15 heavy (non-hydrogen) atoms. The summed E-state index contributed by atoms with van der Waals surface area (Å²) in [6.45, 7) is 5.74. The van der Waals surface area contributed by atoms with Crippen LogP contribution in [0.2, 0.25) is 0 Å². The monoisotopic (exact) mass is 246 g/mol. The van der Waals surface area contributed by atoms with Gasteiger partial charge in [-0.05, 0) is 18.1 Å². The maximum absolute atomic E-state index is 11.1. The molecule has 0 aliphatic heterocycles. The summed E-state index contributed by atoms with van der Waals surface area (Å²) < 4.78 is 22.2. The second-order valence-electron chi connectivity index (χ2n) is 4.38. The van der Waals surface area contributed by atoms with Crippen LogP contribution in [0.5, 0.6) is 0 Å². The van der Waals surface area contributed by atoms with E-state index in [0.29, 0.717) is 0 Å². The van der Waals surface area contributed by atoms with Crippen molar-refractivity contribution in [1.82, 2.24) is 0 Å². The third-order valence-electron chi connectivity index (χ3n) is 2.41. The van der Waals surface area contributed by atoms with Gasteiger partial charge in [-0.1, -0.05) is 38.1 Å². The number of hydrogen-bond donors (Lipinski definition) is 0. The maximum Gasteiger partial charge on any atom is 0.233 e. The largest absolute Gasteiger partial charge is 0.233 e. The van der Waals surface area contributed by atoms with E-state index in [1.165, 1.54) is 0 Å². The molecular formula is C11H15ClO2S. The first-order valence-electron chi connectivity index (χ1n) is 4.71. The van der Waals surface area contributed by atoms with E-state index in [4.69, 9.17) is 10.7 Å². The first kappa shape index (κ1) is 12.5. The van der Waals surface area contributed by atoms with Crippen LogP contribution >= 0.6 is 10.7 Å². The van der Waals surface area contributed by atoms with Gasteiger partial charge in [0.25, 0.3) is 0 Å². The molecule has 0 N–H and O–H groups in total. The molecule has 0 saturated carbocycles. The standard InChI is InChI=1S/C11H15ClO2S/c1-9-6-4-5-7-10(9)11(2,3)8-15(12,13)14/h4-7H,8H2,1-3H3. The van der Waals surface area contributed by atoms with Crippen molar-refractivity contribution in [2.45, 2.75) is 26.2 Å². The van der Waals surface area contributed by atoms with Crippen molar-refractivity contribution in [3.8, 4) is 0 Å². The van der Waals surface area contributed by atoms with Crippen LogP contribution in [0.4, 0.5) is 0 Å². The second-order valence-corrected chi connectivity index (χ2v) is 7.16. The molecule has 1 aromatic rings. The van der Waals surface area contributed by atoms with Crippen LogP contribution in [0, 0.1) is 6.92 Å². The van der Waals surface area contributed by atoms with Crippen LogP contribution in [-0.4, -0.2) is 14.2 Å². The lowest BCUT2D eigenvalue weighted by Crippen LogP contribution is -2.26. The summed E-state index contributed by atoms with van der Waals surface area (Å²) >= 11 is 0. The van der Waals surface area contributed by atoms with Crippen LogP contribution in [0.15, 0.2) is 24.3 Å². The third-order valence-corrected chi connectivity index (χ3v) is 3.80. The van der Waals surface area contributed by atoms with Gasteiger partial charge in [-0.25, -0.2) is 8.42 Å². The van der Waals surface area contributed by atoms with Crippen molar-refractivity contribution in [2.75, 3.05) is 5.75 Å². The molecule has 0 radical (unpaired) electrons. The predicted octanol–water partition coefficient (Wildman–Crippen LogP) is 2.84. The molecule has 1 rings (SSSR count). The number of aryl methyl sites for hydroxylation is 1. The molecule has 0 aromatic heterocycles. The number of rotatable bonds is 3. The Morgan fingerprint density at radius 2 is 1.80 bits per heavy atom. The van der Waals surface area contributed by atoms with E-state index >= 15 is 0 Å². The molecule has 0 aliphatic carbocycles. The summed E-state index contributed by atoms with van der Waals surface area (Å²) in [4.78, 5) is 0. The van der Waals surface area contributed by atoms with Crippen LogP contribution in [-0.2, 0) is 14.5 Å². The SMILES string of the molecule is Cc1ccccc1C(C)(C)CS(=O)(=O)Cl. The highest BCUT2D eigenvalue weighted by Crippen LogP contribution is 2.28. The van der Waals surface area contributed by atoms with Gasteiger partial charge < -0.3 is 0 Å². The van der Waals surface area contributed by atoms with Gasteiger partial charge in [-0.2, -0.15) is 0 Å². The molecule has 0 saturated heterocycles. The Balaban J connectivity index is 3.12. The molecular weight excluding hydrogens is 232 g/mol. The topological polar surface area (TPSA) is 34.1 Å². The first-order valence-corrected chi connectivity index (χ1v) is 7.19. The van der Waals surface area contributed by atoms with Crippen molar-refractivity contribution in [3.05, 3.63) is 35.4 Å². The Kier molecular flexibility index (Phi) is 3.46. The van der Waals surface area contributed by atoms with E-state index in [-0.39, 0.29) is 5.75 Å². The fraction of sp³-hybridized carbons (Fsp3) is 0.455. The Labute approximate surface area is 95.7 Å². The van der Waals surface area contributed by atoms with Gasteiger partial charge in [0.2, 0.25) is 9.05 Å². The highest BCUT2D eigenvalue weighted by Gasteiger charge is 2.27. The van der Waals surface area contributed by atoms with Gasteiger partial charge in [-0.15, -0.1) is 0 Å². The van der Waals surface area contributed by atoms with E-state index in [1.807, 2.05) is 45.0 Å². The van der Waals surface area contributed by atoms with Gasteiger partial charge in [0.05, 0.1) is 5.75 Å². The zero-order valence-corrected chi connectivity index (χ0v) is 10.7. The summed E-state index contributed by atoms with van der Waals surface area (Å²) in [5, 5.41) is 0. The van der Waals surface area contributed by atoms with Gasteiger partial charge in [-0.3, -0.25) is 0 Å². The molecule has 2 nitrogen and oxygen atoms in total. The lowest BCUT2D eigenvalue weighted by atomic mass is 9.84.